The lowest BCUT2D eigenvalue weighted by Crippen LogP contribution is -2.52. The van der Waals surface area contributed by atoms with E-state index >= 15 is 0 Å². The van der Waals surface area contributed by atoms with Crippen molar-refractivity contribution in [1.29, 1.82) is 0 Å². The minimum atomic E-state index is -0.626. The highest BCUT2D eigenvalue weighted by Crippen LogP contribution is 2.26. The number of ether oxygens (including phenoxy) is 1. The summed E-state index contributed by atoms with van der Waals surface area (Å²) in [6.45, 7) is 6.43. The van der Waals surface area contributed by atoms with Gasteiger partial charge in [-0.2, -0.15) is 0 Å². The Bertz CT molecular complexity index is 404. The Morgan fingerprint density at radius 3 is 2.47 bits per heavy atom. The molecule has 0 heterocycles. The SMILES string of the molecule is COCC(N)C(=O)NC(C)C(C)(C)c1ccccc1. The van der Waals surface area contributed by atoms with Crippen LogP contribution in [0.4, 0.5) is 0 Å². The van der Waals surface area contributed by atoms with Crippen molar-refractivity contribution in [3.63, 3.8) is 0 Å². The number of methoxy groups -OCH3 is 1. The quantitative estimate of drug-likeness (QED) is 0.817. The Hall–Kier alpha value is -1.39. The number of carbonyl (C=O) groups is 1. The van der Waals surface area contributed by atoms with E-state index in [9.17, 15) is 4.79 Å². The molecule has 0 aliphatic carbocycles. The summed E-state index contributed by atoms with van der Waals surface area (Å²) in [6, 6.07) is 9.47. The largest absolute Gasteiger partial charge is 0.383 e. The van der Waals surface area contributed by atoms with E-state index in [1.807, 2.05) is 25.1 Å². The molecule has 3 N–H and O–H groups in total. The Labute approximate surface area is 115 Å². The van der Waals surface area contributed by atoms with Gasteiger partial charge in [-0.25, -0.2) is 0 Å². The molecule has 4 nitrogen and oxygen atoms in total. The molecule has 0 aliphatic heterocycles. The van der Waals surface area contributed by atoms with E-state index in [1.54, 1.807) is 0 Å². The molecule has 1 aromatic carbocycles. The number of rotatable bonds is 6. The lowest BCUT2D eigenvalue weighted by atomic mass is 9.78. The lowest BCUT2D eigenvalue weighted by molar-refractivity contribution is -0.124. The van der Waals surface area contributed by atoms with Crippen molar-refractivity contribution in [2.24, 2.45) is 5.73 Å². The third kappa shape index (κ3) is 4.04. The van der Waals surface area contributed by atoms with Crippen LogP contribution in [-0.2, 0) is 14.9 Å². The second-order valence-electron chi connectivity index (χ2n) is 5.38. The third-order valence-corrected chi connectivity index (χ3v) is 3.64. The first-order valence-electron chi connectivity index (χ1n) is 6.50. The highest BCUT2D eigenvalue weighted by atomic mass is 16.5. The molecule has 2 atom stereocenters. The van der Waals surface area contributed by atoms with Gasteiger partial charge >= 0.3 is 0 Å². The van der Waals surface area contributed by atoms with Gasteiger partial charge in [-0.05, 0) is 12.5 Å². The normalized spacial score (nSPS) is 14.8. The summed E-state index contributed by atoms with van der Waals surface area (Å²) in [5, 5.41) is 2.96. The van der Waals surface area contributed by atoms with Crippen molar-refractivity contribution in [3.05, 3.63) is 35.9 Å². The number of hydrogen-bond acceptors (Lipinski definition) is 3. The molecule has 0 spiro atoms. The van der Waals surface area contributed by atoms with Crippen LogP contribution in [0.15, 0.2) is 30.3 Å². The maximum atomic E-state index is 11.9. The molecule has 0 saturated carbocycles. The van der Waals surface area contributed by atoms with Crippen LogP contribution in [0.5, 0.6) is 0 Å². The summed E-state index contributed by atoms with van der Waals surface area (Å²) in [6.07, 6.45) is 0. The number of hydrogen-bond donors (Lipinski definition) is 2. The van der Waals surface area contributed by atoms with Crippen LogP contribution in [0, 0.1) is 0 Å². The highest BCUT2D eigenvalue weighted by Gasteiger charge is 2.30. The summed E-state index contributed by atoms with van der Waals surface area (Å²) in [5.41, 5.74) is 6.74. The summed E-state index contributed by atoms with van der Waals surface area (Å²) < 4.78 is 4.89. The average Bonchev–Trinajstić information content (AvgIpc) is 2.39. The molecule has 0 fully saturated rings. The number of amides is 1. The summed E-state index contributed by atoms with van der Waals surface area (Å²) >= 11 is 0. The molecule has 0 radical (unpaired) electrons. The van der Waals surface area contributed by atoms with E-state index in [4.69, 9.17) is 10.5 Å². The molecule has 0 aliphatic rings. The Balaban J connectivity index is 2.72. The van der Waals surface area contributed by atoms with Gasteiger partial charge in [-0.3, -0.25) is 4.79 Å². The van der Waals surface area contributed by atoms with Crippen LogP contribution in [-0.4, -0.2) is 31.7 Å². The number of nitrogens with one attached hydrogen (secondary N) is 1. The zero-order chi connectivity index (χ0) is 14.5. The first-order valence-corrected chi connectivity index (χ1v) is 6.50. The van der Waals surface area contributed by atoms with Gasteiger partial charge in [-0.15, -0.1) is 0 Å². The zero-order valence-corrected chi connectivity index (χ0v) is 12.1. The molecule has 1 aromatic rings. The first kappa shape index (κ1) is 15.7. The maximum absolute atomic E-state index is 11.9. The predicted octanol–water partition coefficient (Wildman–Crippen LogP) is 1.44. The van der Waals surface area contributed by atoms with Crippen molar-refractivity contribution in [3.8, 4) is 0 Å². The van der Waals surface area contributed by atoms with E-state index in [0.29, 0.717) is 0 Å². The van der Waals surface area contributed by atoms with Gasteiger partial charge in [0.05, 0.1) is 6.61 Å². The topological polar surface area (TPSA) is 64.3 Å². The molecule has 1 rings (SSSR count). The fraction of sp³-hybridized carbons (Fsp3) is 0.533. The molecule has 106 valence electrons. The molecule has 4 heteroatoms. The van der Waals surface area contributed by atoms with Gasteiger partial charge in [0.2, 0.25) is 5.91 Å². The first-order chi connectivity index (χ1) is 8.89. The van der Waals surface area contributed by atoms with Gasteiger partial charge in [0, 0.05) is 18.6 Å². The number of nitrogens with two attached hydrogens (primary N) is 1. The van der Waals surface area contributed by atoms with Crippen LogP contribution in [0.3, 0.4) is 0 Å². The van der Waals surface area contributed by atoms with E-state index in [1.165, 1.54) is 12.7 Å². The Kier molecular flexibility index (Phi) is 5.51. The fourth-order valence-electron chi connectivity index (χ4n) is 1.87. The zero-order valence-electron chi connectivity index (χ0n) is 12.1. The molecular weight excluding hydrogens is 240 g/mol. The lowest BCUT2D eigenvalue weighted by Gasteiger charge is -2.33. The van der Waals surface area contributed by atoms with E-state index in [0.717, 1.165) is 0 Å². The minimum Gasteiger partial charge on any atom is -0.383 e. The standard InChI is InChI=1S/C15H24N2O2/c1-11(17-14(18)13(16)10-19-4)15(2,3)12-8-6-5-7-9-12/h5-9,11,13H,10,16H2,1-4H3,(H,17,18). The average molecular weight is 264 g/mol. The van der Waals surface area contributed by atoms with E-state index < -0.39 is 6.04 Å². The van der Waals surface area contributed by atoms with Crippen molar-refractivity contribution in [1.82, 2.24) is 5.32 Å². The van der Waals surface area contributed by atoms with Crippen LogP contribution in [0.2, 0.25) is 0 Å². The van der Waals surface area contributed by atoms with Crippen LogP contribution in [0.1, 0.15) is 26.3 Å². The van der Waals surface area contributed by atoms with Gasteiger partial charge in [0.1, 0.15) is 6.04 Å². The smallest absolute Gasteiger partial charge is 0.239 e. The minimum absolute atomic E-state index is 0.0229. The van der Waals surface area contributed by atoms with Gasteiger partial charge in [0.25, 0.3) is 0 Å². The van der Waals surface area contributed by atoms with Crippen LogP contribution >= 0.6 is 0 Å². The fourth-order valence-corrected chi connectivity index (χ4v) is 1.87. The molecule has 2 unspecified atom stereocenters. The summed E-state index contributed by atoms with van der Waals surface area (Å²) in [7, 11) is 1.53. The Morgan fingerprint density at radius 2 is 1.95 bits per heavy atom. The van der Waals surface area contributed by atoms with Crippen LogP contribution in [0.25, 0.3) is 0 Å². The van der Waals surface area contributed by atoms with Gasteiger partial charge in [-0.1, -0.05) is 44.2 Å². The van der Waals surface area contributed by atoms with Crippen LogP contribution < -0.4 is 11.1 Å². The highest BCUT2D eigenvalue weighted by molar-refractivity contribution is 5.82. The number of benzene rings is 1. The monoisotopic (exact) mass is 264 g/mol. The van der Waals surface area contributed by atoms with Crippen molar-refractivity contribution in [2.75, 3.05) is 13.7 Å². The molecule has 0 saturated heterocycles. The van der Waals surface area contributed by atoms with Gasteiger partial charge < -0.3 is 15.8 Å². The molecule has 0 aromatic heterocycles. The second-order valence-corrected chi connectivity index (χ2v) is 5.38. The van der Waals surface area contributed by atoms with Crippen molar-refractivity contribution >= 4 is 5.91 Å². The summed E-state index contributed by atoms with van der Waals surface area (Å²) in [4.78, 5) is 11.9. The van der Waals surface area contributed by atoms with E-state index in [2.05, 4.69) is 31.3 Å². The molecular formula is C15H24N2O2. The van der Waals surface area contributed by atoms with E-state index in [-0.39, 0.29) is 24.0 Å². The predicted molar refractivity (Wildman–Crippen MR) is 76.9 cm³/mol. The molecule has 1 amide bonds. The third-order valence-electron chi connectivity index (χ3n) is 3.64. The maximum Gasteiger partial charge on any atom is 0.239 e. The summed E-state index contributed by atoms with van der Waals surface area (Å²) in [5.74, 6) is -0.182. The van der Waals surface area contributed by atoms with Crippen molar-refractivity contribution < 1.29 is 9.53 Å². The molecule has 19 heavy (non-hydrogen) atoms. The number of carbonyl (C=O) groups excluding carboxylic acids is 1. The Morgan fingerprint density at radius 1 is 1.37 bits per heavy atom. The van der Waals surface area contributed by atoms with Gasteiger partial charge in [0.15, 0.2) is 0 Å². The van der Waals surface area contributed by atoms with Crippen molar-refractivity contribution in [2.45, 2.75) is 38.3 Å². The second kappa shape index (κ2) is 6.68. The molecule has 0 bridgehead atoms.